The molecule has 1 saturated heterocycles. The average Bonchev–Trinajstić information content (AvgIpc) is 2.84. The summed E-state index contributed by atoms with van der Waals surface area (Å²) in [6.45, 7) is 3.60. The van der Waals surface area contributed by atoms with E-state index in [1.807, 2.05) is 19.1 Å². The van der Waals surface area contributed by atoms with Crippen LogP contribution >= 0.6 is 0 Å². The van der Waals surface area contributed by atoms with Crippen molar-refractivity contribution in [3.8, 4) is 5.75 Å². The molecule has 0 bridgehead atoms. The second kappa shape index (κ2) is 9.87. The molecule has 2 unspecified atom stereocenters. The molecule has 2 aromatic rings. The maximum atomic E-state index is 13.9. The van der Waals surface area contributed by atoms with Crippen molar-refractivity contribution in [1.82, 2.24) is 0 Å². The Morgan fingerprint density at radius 1 is 1.09 bits per heavy atom. The Balaban J connectivity index is 1.71. The van der Waals surface area contributed by atoms with Crippen molar-refractivity contribution in [2.24, 2.45) is 0 Å². The first kappa shape index (κ1) is 25.0. The number of aliphatic hydroxyl groups excluding tert-OH is 1. The van der Waals surface area contributed by atoms with Crippen LogP contribution in [0.25, 0.3) is 0 Å². The van der Waals surface area contributed by atoms with E-state index in [2.05, 4.69) is 13.0 Å². The van der Waals surface area contributed by atoms with Gasteiger partial charge < -0.3 is 9.84 Å². The van der Waals surface area contributed by atoms with Gasteiger partial charge in [0.25, 0.3) is 10.0 Å². The van der Waals surface area contributed by atoms with Gasteiger partial charge in [-0.2, -0.15) is 0 Å². The molecule has 2 heterocycles. The van der Waals surface area contributed by atoms with Crippen molar-refractivity contribution in [1.29, 1.82) is 0 Å². The number of aryl methyl sites for hydroxylation is 2. The van der Waals surface area contributed by atoms with Gasteiger partial charge in [0.15, 0.2) is 15.3 Å². The second-order valence-electron chi connectivity index (χ2n) is 9.06. The van der Waals surface area contributed by atoms with Gasteiger partial charge in [0.2, 0.25) is 0 Å². The van der Waals surface area contributed by atoms with Crippen molar-refractivity contribution in [2.45, 2.75) is 81.8 Å². The molecule has 1 fully saturated rings. The Morgan fingerprint density at radius 2 is 1.88 bits per heavy atom. The molecule has 0 aromatic heterocycles. The lowest BCUT2D eigenvalue weighted by molar-refractivity contribution is 0.233. The molecule has 2 atom stereocenters. The third kappa shape index (κ3) is 4.70. The van der Waals surface area contributed by atoms with Crippen molar-refractivity contribution in [3.05, 3.63) is 53.1 Å². The number of benzene rings is 2. The Labute approximate surface area is 202 Å². The van der Waals surface area contributed by atoms with Gasteiger partial charge in [-0.25, -0.2) is 16.8 Å². The fourth-order valence-electron chi connectivity index (χ4n) is 4.87. The first-order chi connectivity index (χ1) is 16.2. The average molecular weight is 508 g/mol. The summed E-state index contributed by atoms with van der Waals surface area (Å²) in [5.74, 6) is 0.279. The van der Waals surface area contributed by atoms with Crippen LogP contribution in [0.5, 0.6) is 5.75 Å². The van der Waals surface area contributed by atoms with Gasteiger partial charge in [-0.05, 0) is 80.3 Å². The highest BCUT2D eigenvalue weighted by Crippen LogP contribution is 2.38. The smallest absolute Gasteiger partial charge is 0.264 e. The number of hydrogen-bond donors (Lipinski definition) is 1. The minimum atomic E-state index is -3.91. The normalized spacial score (nSPS) is 22.3. The molecule has 2 aliphatic rings. The lowest BCUT2D eigenvalue weighted by atomic mass is 9.94. The SMILES string of the molecule is CCc1ccc2c(c1)CCC(CC)N2S(=O)(=O)c1ccc(OC2CCCCS2(=O)=O)c(CO)c1. The van der Waals surface area contributed by atoms with Gasteiger partial charge in [0.05, 0.1) is 22.9 Å². The van der Waals surface area contributed by atoms with Crippen LogP contribution in [-0.4, -0.2) is 39.2 Å². The topological polar surface area (TPSA) is 101 Å². The molecule has 0 radical (unpaired) electrons. The third-order valence-electron chi connectivity index (χ3n) is 6.88. The summed E-state index contributed by atoms with van der Waals surface area (Å²) in [6, 6.07) is 10.1. The highest BCUT2D eigenvalue weighted by atomic mass is 32.2. The molecule has 2 aromatic carbocycles. The minimum absolute atomic E-state index is 0.0567. The summed E-state index contributed by atoms with van der Waals surface area (Å²) in [4.78, 5) is 0.0567. The number of fused-ring (bicyclic) bond motifs is 1. The molecular formula is C25H33NO6S2. The summed E-state index contributed by atoms with van der Waals surface area (Å²) < 4.78 is 59.7. The molecule has 4 rings (SSSR count). The van der Waals surface area contributed by atoms with Crippen LogP contribution in [0.1, 0.15) is 62.6 Å². The van der Waals surface area contributed by atoms with Crippen molar-refractivity contribution < 1.29 is 26.7 Å². The van der Waals surface area contributed by atoms with Crippen molar-refractivity contribution >= 4 is 25.5 Å². The van der Waals surface area contributed by atoms with E-state index in [0.29, 0.717) is 24.9 Å². The van der Waals surface area contributed by atoms with E-state index >= 15 is 0 Å². The number of sulfone groups is 1. The van der Waals surface area contributed by atoms with E-state index in [4.69, 9.17) is 4.74 Å². The molecule has 34 heavy (non-hydrogen) atoms. The lowest BCUT2D eigenvalue weighted by Gasteiger charge is -2.38. The molecule has 9 heteroatoms. The van der Waals surface area contributed by atoms with E-state index < -0.39 is 31.9 Å². The van der Waals surface area contributed by atoms with Gasteiger partial charge in [0, 0.05) is 11.6 Å². The Hall–Kier alpha value is -2.10. The highest BCUT2D eigenvalue weighted by molar-refractivity contribution is 7.93. The quantitative estimate of drug-likeness (QED) is 0.609. The van der Waals surface area contributed by atoms with E-state index in [1.54, 1.807) is 0 Å². The number of anilines is 1. The van der Waals surface area contributed by atoms with Gasteiger partial charge in [0.1, 0.15) is 5.75 Å². The fraction of sp³-hybridized carbons (Fsp3) is 0.520. The molecule has 0 spiro atoms. The number of ether oxygens (including phenoxy) is 1. The van der Waals surface area contributed by atoms with Crippen molar-refractivity contribution in [3.63, 3.8) is 0 Å². The zero-order valence-electron chi connectivity index (χ0n) is 19.7. The van der Waals surface area contributed by atoms with Crippen LogP contribution in [-0.2, 0) is 39.3 Å². The van der Waals surface area contributed by atoms with E-state index in [9.17, 15) is 21.9 Å². The summed E-state index contributed by atoms with van der Waals surface area (Å²) in [7, 11) is -7.30. The minimum Gasteiger partial charge on any atom is -0.474 e. The maximum absolute atomic E-state index is 13.9. The predicted octanol–water partition coefficient (Wildman–Crippen LogP) is 3.97. The summed E-state index contributed by atoms with van der Waals surface area (Å²) >= 11 is 0. The molecule has 0 saturated carbocycles. The van der Waals surface area contributed by atoms with Gasteiger partial charge in [-0.3, -0.25) is 4.31 Å². The van der Waals surface area contributed by atoms with Crippen LogP contribution in [0.4, 0.5) is 5.69 Å². The monoisotopic (exact) mass is 507 g/mol. The zero-order valence-corrected chi connectivity index (χ0v) is 21.4. The maximum Gasteiger partial charge on any atom is 0.264 e. The summed E-state index contributed by atoms with van der Waals surface area (Å²) in [5, 5.41) is 9.95. The molecule has 186 valence electrons. The molecule has 1 N–H and O–H groups in total. The lowest BCUT2D eigenvalue weighted by Crippen LogP contribution is -2.43. The number of hydrogen-bond acceptors (Lipinski definition) is 6. The Kier molecular flexibility index (Phi) is 7.26. The van der Waals surface area contributed by atoms with Crippen LogP contribution in [0.2, 0.25) is 0 Å². The molecule has 7 nitrogen and oxygen atoms in total. The Bertz CT molecular complexity index is 1260. The first-order valence-electron chi connectivity index (χ1n) is 12.0. The van der Waals surface area contributed by atoms with E-state index in [1.165, 1.54) is 28.1 Å². The second-order valence-corrected chi connectivity index (χ2v) is 13.1. The van der Waals surface area contributed by atoms with Gasteiger partial charge in [-0.1, -0.05) is 26.0 Å². The van der Waals surface area contributed by atoms with E-state index in [0.717, 1.165) is 31.2 Å². The largest absolute Gasteiger partial charge is 0.474 e. The van der Waals surface area contributed by atoms with Gasteiger partial charge >= 0.3 is 0 Å². The number of aliphatic hydroxyl groups is 1. The van der Waals surface area contributed by atoms with Crippen LogP contribution in [0, 0.1) is 0 Å². The summed E-state index contributed by atoms with van der Waals surface area (Å²) in [5.41, 5.74) is 2.19. The van der Waals surface area contributed by atoms with E-state index in [-0.39, 0.29) is 28.0 Å². The molecular weight excluding hydrogens is 474 g/mol. The third-order valence-corrected chi connectivity index (χ3v) is 10.7. The zero-order chi connectivity index (χ0) is 24.5. The molecule has 2 aliphatic heterocycles. The van der Waals surface area contributed by atoms with Gasteiger partial charge in [-0.15, -0.1) is 0 Å². The molecule has 0 amide bonds. The number of nitrogens with zero attached hydrogens (tertiary/aromatic N) is 1. The number of sulfonamides is 1. The van der Waals surface area contributed by atoms with Crippen LogP contribution in [0.3, 0.4) is 0 Å². The fourth-order valence-corrected chi connectivity index (χ4v) is 8.36. The highest BCUT2D eigenvalue weighted by Gasteiger charge is 2.36. The first-order valence-corrected chi connectivity index (χ1v) is 15.1. The summed E-state index contributed by atoms with van der Waals surface area (Å²) in [6.07, 6.45) is 4.88. The van der Waals surface area contributed by atoms with Crippen LogP contribution < -0.4 is 9.04 Å². The number of rotatable bonds is 7. The van der Waals surface area contributed by atoms with Crippen molar-refractivity contribution in [2.75, 3.05) is 10.1 Å². The Morgan fingerprint density at radius 3 is 2.56 bits per heavy atom. The molecule has 0 aliphatic carbocycles. The van der Waals surface area contributed by atoms with Crippen LogP contribution in [0.15, 0.2) is 41.3 Å². The standard InChI is InChI=1S/C25H33NO6S2/c1-3-18-8-12-23-19(15-18)9-10-21(4-2)26(23)34(30,31)22-11-13-24(20(16-22)17-27)32-25-7-5-6-14-33(25,28)29/h8,11-13,15-16,21,25,27H,3-7,9-10,14,17H2,1-2H3. The predicted molar refractivity (Wildman–Crippen MR) is 132 cm³/mol.